The Kier molecular flexibility index (Phi) is 13.0. The molecule has 3 aliphatic carbocycles. The first-order valence-electron chi connectivity index (χ1n) is 14.9. The molecule has 3 rings (SSSR count). The number of halogens is 2. The van der Waals surface area contributed by atoms with Crippen molar-refractivity contribution < 1.29 is 8.78 Å². The lowest BCUT2D eigenvalue weighted by Crippen LogP contribution is -2.29. The van der Waals surface area contributed by atoms with Crippen LogP contribution in [0.3, 0.4) is 0 Å². The first-order chi connectivity index (χ1) is 15.8. The van der Waals surface area contributed by atoms with E-state index in [1.807, 2.05) is 0 Å². The highest BCUT2D eigenvalue weighted by Crippen LogP contribution is 2.46. The Bertz CT molecular complexity index is 440. The zero-order valence-electron chi connectivity index (χ0n) is 21.2. The molecule has 0 spiro atoms. The van der Waals surface area contributed by atoms with E-state index in [0.29, 0.717) is 5.92 Å². The normalized spacial score (nSPS) is 33.9. The Morgan fingerprint density at radius 1 is 0.344 bits per heavy atom. The van der Waals surface area contributed by atoms with Gasteiger partial charge in [0.2, 0.25) is 0 Å². The Morgan fingerprint density at radius 2 is 0.688 bits per heavy atom. The van der Waals surface area contributed by atoms with Crippen LogP contribution in [0.5, 0.6) is 0 Å². The first kappa shape index (κ1) is 26.5. The molecule has 32 heavy (non-hydrogen) atoms. The third-order valence-corrected chi connectivity index (χ3v) is 9.95. The summed E-state index contributed by atoms with van der Waals surface area (Å²) in [4.78, 5) is 0. The zero-order valence-corrected chi connectivity index (χ0v) is 21.2. The molecule has 0 aromatic rings. The fourth-order valence-electron chi connectivity index (χ4n) is 7.73. The van der Waals surface area contributed by atoms with Crippen molar-refractivity contribution in [3.8, 4) is 0 Å². The second-order valence-corrected chi connectivity index (χ2v) is 12.0. The third-order valence-electron chi connectivity index (χ3n) is 9.95. The molecule has 0 unspecified atom stereocenters. The van der Waals surface area contributed by atoms with Crippen molar-refractivity contribution >= 4 is 0 Å². The fraction of sp³-hybridized carbons (Fsp3) is 1.00. The Hall–Kier alpha value is -0.140. The van der Waals surface area contributed by atoms with Crippen LogP contribution in [-0.2, 0) is 0 Å². The minimum Gasteiger partial charge on any atom is -0.251 e. The number of rotatable bonds is 14. The molecule has 0 atom stereocenters. The quantitative estimate of drug-likeness (QED) is 0.230. The molecule has 0 amide bonds. The summed E-state index contributed by atoms with van der Waals surface area (Å²) < 4.78 is 24.7. The number of hydrogen-bond acceptors (Lipinski definition) is 0. The van der Waals surface area contributed by atoms with Crippen molar-refractivity contribution in [2.45, 2.75) is 141 Å². The van der Waals surface area contributed by atoms with Gasteiger partial charge < -0.3 is 0 Å². The molecule has 0 aromatic heterocycles. The molecule has 3 fully saturated rings. The third kappa shape index (κ3) is 9.25. The average molecular weight is 453 g/mol. The van der Waals surface area contributed by atoms with Crippen molar-refractivity contribution in [3.63, 3.8) is 0 Å². The zero-order chi connectivity index (χ0) is 22.4. The lowest BCUT2D eigenvalue weighted by molar-refractivity contribution is 0.101. The number of hydrogen-bond donors (Lipinski definition) is 0. The molecule has 2 heteroatoms. The van der Waals surface area contributed by atoms with Crippen LogP contribution in [0.4, 0.5) is 8.78 Å². The van der Waals surface area contributed by atoms with E-state index in [2.05, 4.69) is 0 Å². The Morgan fingerprint density at radius 3 is 1.09 bits per heavy atom. The summed E-state index contributed by atoms with van der Waals surface area (Å²) >= 11 is 0. The van der Waals surface area contributed by atoms with E-state index >= 15 is 0 Å². The molecule has 0 N–H and O–H groups in total. The number of alkyl halides is 2. The van der Waals surface area contributed by atoms with Gasteiger partial charge in [-0.15, -0.1) is 0 Å². The minimum atomic E-state index is -0.131. The van der Waals surface area contributed by atoms with Crippen molar-refractivity contribution in [2.24, 2.45) is 35.5 Å². The van der Waals surface area contributed by atoms with Gasteiger partial charge in [-0.1, -0.05) is 77.0 Å². The van der Waals surface area contributed by atoms with Gasteiger partial charge in [0.05, 0.1) is 13.3 Å². The van der Waals surface area contributed by atoms with E-state index in [1.165, 1.54) is 122 Å². The fourth-order valence-corrected chi connectivity index (χ4v) is 7.73. The lowest BCUT2D eigenvalue weighted by atomic mass is 9.64. The average Bonchev–Trinajstić information content (AvgIpc) is 2.84. The van der Waals surface area contributed by atoms with Gasteiger partial charge in [0.15, 0.2) is 0 Å². The van der Waals surface area contributed by atoms with E-state index < -0.39 is 0 Å². The molecule has 188 valence electrons. The van der Waals surface area contributed by atoms with Crippen molar-refractivity contribution in [1.82, 2.24) is 0 Å². The van der Waals surface area contributed by atoms with Crippen LogP contribution in [-0.4, -0.2) is 13.3 Å². The largest absolute Gasteiger partial charge is 0.251 e. The smallest absolute Gasteiger partial charge is 0.0897 e. The molecule has 0 saturated heterocycles. The molecule has 0 bridgehead atoms. The molecule has 0 heterocycles. The van der Waals surface area contributed by atoms with E-state index in [1.54, 1.807) is 0 Å². The molecule has 0 nitrogen and oxygen atoms in total. The summed E-state index contributed by atoms with van der Waals surface area (Å²) in [6, 6.07) is 0. The maximum Gasteiger partial charge on any atom is 0.0897 e. The van der Waals surface area contributed by atoms with Gasteiger partial charge in [-0.2, -0.15) is 0 Å². The highest BCUT2D eigenvalue weighted by atomic mass is 19.1. The molecule has 0 aromatic carbocycles. The number of unbranched alkanes of at least 4 members (excludes halogenated alkanes) is 7. The molecule has 3 aliphatic rings. The van der Waals surface area contributed by atoms with Gasteiger partial charge in [-0.3, -0.25) is 8.78 Å². The molecular weight excluding hydrogens is 398 g/mol. The molecule has 3 saturated carbocycles. The summed E-state index contributed by atoms with van der Waals surface area (Å²) in [6.07, 6.45) is 29.8. The predicted octanol–water partition coefficient (Wildman–Crippen LogP) is 10.2. The van der Waals surface area contributed by atoms with Crippen LogP contribution < -0.4 is 0 Å². The van der Waals surface area contributed by atoms with Gasteiger partial charge in [0, 0.05) is 0 Å². The minimum absolute atomic E-state index is 0.105. The van der Waals surface area contributed by atoms with Crippen molar-refractivity contribution in [1.29, 1.82) is 0 Å². The standard InChI is InChI=1S/C30H54F2/c31-23-8-6-4-2-1-3-5-7-9-25-10-14-27(15-11-25)29-18-20-30(21-19-29)28-16-12-26(13-17-28)22-24-32/h25-30H,1-24H2. The SMILES string of the molecule is FCCCCCCCCCCC1CCC(C2CCC(C3CCC(CCF)CC3)CC2)CC1. The summed E-state index contributed by atoms with van der Waals surface area (Å²) in [5, 5.41) is 0. The maximum atomic E-state index is 12.6. The van der Waals surface area contributed by atoms with E-state index in [4.69, 9.17) is 0 Å². The van der Waals surface area contributed by atoms with Crippen LogP contribution in [0.15, 0.2) is 0 Å². The first-order valence-corrected chi connectivity index (χ1v) is 14.9. The highest BCUT2D eigenvalue weighted by molar-refractivity contribution is 4.85. The summed E-state index contributed by atoms with van der Waals surface area (Å²) in [6.45, 7) is -0.236. The second-order valence-electron chi connectivity index (χ2n) is 12.0. The summed E-state index contributed by atoms with van der Waals surface area (Å²) in [5.74, 6) is 5.76. The van der Waals surface area contributed by atoms with Gasteiger partial charge in [-0.05, 0) is 99.7 Å². The van der Waals surface area contributed by atoms with Gasteiger partial charge >= 0.3 is 0 Å². The van der Waals surface area contributed by atoms with Crippen LogP contribution in [0.25, 0.3) is 0 Å². The van der Waals surface area contributed by atoms with Gasteiger partial charge in [-0.25, -0.2) is 0 Å². The molecule has 0 radical (unpaired) electrons. The summed E-state index contributed by atoms with van der Waals surface area (Å²) in [5.41, 5.74) is 0. The van der Waals surface area contributed by atoms with Crippen LogP contribution in [0.2, 0.25) is 0 Å². The topological polar surface area (TPSA) is 0 Å². The van der Waals surface area contributed by atoms with E-state index in [-0.39, 0.29) is 13.3 Å². The Labute approximate surface area is 199 Å². The van der Waals surface area contributed by atoms with Crippen molar-refractivity contribution in [2.75, 3.05) is 13.3 Å². The highest BCUT2D eigenvalue weighted by Gasteiger charge is 2.34. The van der Waals surface area contributed by atoms with Crippen LogP contribution in [0.1, 0.15) is 141 Å². The predicted molar refractivity (Wildman–Crippen MR) is 134 cm³/mol. The van der Waals surface area contributed by atoms with Gasteiger partial charge in [0.1, 0.15) is 0 Å². The molecular formula is C30H54F2. The monoisotopic (exact) mass is 452 g/mol. The van der Waals surface area contributed by atoms with Crippen LogP contribution in [0, 0.1) is 35.5 Å². The van der Waals surface area contributed by atoms with Crippen LogP contribution >= 0.6 is 0 Å². The second kappa shape index (κ2) is 15.7. The van der Waals surface area contributed by atoms with Gasteiger partial charge in [0.25, 0.3) is 0 Å². The Balaban J connectivity index is 1.19. The molecule has 0 aliphatic heterocycles. The van der Waals surface area contributed by atoms with Crippen molar-refractivity contribution in [3.05, 3.63) is 0 Å². The maximum absolute atomic E-state index is 12.6. The summed E-state index contributed by atoms with van der Waals surface area (Å²) in [7, 11) is 0. The van der Waals surface area contributed by atoms with E-state index in [9.17, 15) is 8.78 Å². The lowest BCUT2D eigenvalue weighted by Gasteiger charge is -2.41. The van der Waals surface area contributed by atoms with E-state index in [0.717, 1.165) is 48.9 Å².